The highest BCUT2D eigenvalue weighted by molar-refractivity contribution is 9.10. The van der Waals surface area contributed by atoms with Gasteiger partial charge in [0.15, 0.2) is 0 Å². The molecule has 0 radical (unpaired) electrons. The molecular formula is C23H27BrN2. The van der Waals surface area contributed by atoms with E-state index in [0.717, 1.165) is 30.4 Å². The highest BCUT2D eigenvalue weighted by atomic mass is 79.9. The van der Waals surface area contributed by atoms with Gasteiger partial charge in [-0.1, -0.05) is 64.8 Å². The van der Waals surface area contributed by atoms with Gasteiger partial charge in [0.25, 0.3) is 0 Å². The summed E-state index contributed by atoms with van der Waals surface area (Å²) >= 11 is 3.52. The lowest BCUT2D eigenvalue weighted by Gasteiger charge is -2.41. The molecule has 0 aliphatic heterocycles. The Labute approximate surface area is 166 Å². The van der Waals surface area contributed by atoms with Gasteiger partial charge in [0.05, 0.1) is 11.5 Å². The molecule has 0 bridgehead atoms. The van der Waals surface area contributed by atoms with Crippen molar-refractivity contribution in [2.24, 2.45) is 5.92 Å². The van der Waals surface area contributed by atoms with Gasteiger partial charge >= 0.3 is 0 Å². The summed E-state index contributed by atoms with van der Waals surface area (Å²) in [5.41, 5.74) is 2.21. The smallest absolute Gasteiger partial charge is 0.0850 e. The van der Waals surface area contributed by atoms with E-state index in [9.17, 15) is 5.26 Å². The van der Waals surface area contributed by atoms with Crippen LogP contribution in [0.4, 0.5) is 0 Å². The Kier molecular flexibility index (Phi) is 6.51. The zero-order valence-electron chi connectivity index (χ0n) is 15.5. The van der Waals surface area contributed by atoms with E-state index in [4.69, 9.17) is 0 Å². The molecule has 2 aromatic rings. The van der Waals surface area contributed by atoms with Crippen LogP contribution in [0.3, 0.4) is 0 Å². The number of rotatable bonds is 8. The fourth-order valence-electron chi connectivity index (χ4n) is 4.05. The lowest BCUT2D eigenvalue weighted by Crippen LogP contribution is -2.38. The van der Waals surface area contributed by atoms with Gasteiger partial charge in [-0.05, 0) is 68.5 Å². The van der Waals surface area contributed by atoms with Gasteiger partial charge in [-0.3, -0.25) is 0 Å². The van der Waals surface area contributed by atoms with Crippen molar-refractivity contribution in [3.8, 4) is 6.07 Å². The zero-order chi connectivity index (χ0) is 18.4. The van der Waals surface area contributed by atoms with Crippen molar-refractivity contribution in [3.05, 3.63) is 70.2 Å². The molecule has 3 rings (SSSR count). The minimum atomic E-state index is -0.327. The summed E-state index contributed by atoms with van der Waals surface area (Å²) < 4.78 is 1.07. The summed E-state index contributed by atoms with van der Waals surface area (Å²) in [5.74, 6) is 0.508. The Morgan fingerprint density at radius 3 is 2.38 bits per heavy atom. The van der Waals surface area contributed by atoms with Crippen molar-refractivity contribution in [2.75, 3.05) is 13.6 Å². The number of halogens is 1. The molecule has 136 valence electrons. The second-order valence-corrected chi connectivity index (χ2v) is 8.46. The molecule has 0 saturated heterocycles. The lowest BCUT2D eigenvalue weighted by atomic mass is 9.61. The lowest BCUT2D eigenvalue weighted by molar-refractivity contribution is 0.188. The van der Waals surface area contributed by atoms with Gasteiger partial charge in [0.2, 0.25) is 0 Å². The number of hydrogen-bond acceptors (Lipinski definition) is 2. The first-order valence-corrected chi connectivity index (χ1v) is 10.3. The molecule has 0 aromatic heterocycles. The molecule has 0 amide bonds. The van der Waals surface area contributed by atoms with Crippen molar-refractivity contribution in [1.82, 2.24) is 4.90 Å². The molecule has 1 aliphatic carbocycles. The number of nitriles is 1. The molecule has 2 nitrogen and oxygen atoms in total. The largest absolute Gasteiger partial charge is 0.302 e. The van der Waals surface area contributed by atoms with E-state index in [-0.39, 0.29) is 5.41 Å². The van der Waals surface area contributed by atoms with Crippen LogP contribution in [0.1, 0.15) is 43.2 Å². The van der Waals surface area contributed by atoms with Crippen molar-refractivity contribution in [3.63, 3.8) is 0 Å². The summed E-state index contributed by atoms with van der Waals surface area (Å²) in [4.78, 5) is 2.36. The topological polar surface area (TPSA) is 27.0 Å². The van der Waals surface area contributed by atoms with Crippen molar-refractivity contribution < 1.29 is 0 Å². The van der Waals surface area contributed by atoms with Gasteiger partial charge in [-0.25, -0.2) is 0 Å². The molecule has 1 atom stereocenters. The fourth-order valence-corrected chi connectivity index (χ4v) is 4.31. The molecule has 26 heavy (non-hydrogen) atoms. The number of hydrogen-bond donors (Lipinski definition) is 0. The fraction of sp³-hybridized carbons (Fsp3) is 0.435. The monoisotopic (exact) mass is 410 g/mol. The third-order valence-corrected chi connectivity index (χ3v) is 6.30. The first kappa shape index (κ1) is 19.1. The molecule has 1 aliphatic rings. The molecule has 1 fully saturated rings. The average molecular weight is 411 g/mol. The van der Waals surface area contributed by atoms with Crippen LogP contribution in [0.5, 0.6) is 0 Å². The highest BCUT2D eigenvalue weighted by Crippen LogP contribution is 2.47. The van der Waals surface area contributed by atoms with Crippen molar-refractivity contribution >= 4 is 15.9 Å². The summed E-state index contributed by atoms with van der Waals surface area (Å²) in [7, 11) is 2.17. The molecule has 3 heteroatoms. The van der Waals surface area contributed by atoms with Crippen LogP contribution in [0, 0.1) is 17.2 Å². The van der Waals surface area contributed by atoms with Crippen LogP contribution in [-0.4, -0.2) is 18.5 Å². The van der Waals surface area contributed by atoms with Crippen LogP contribution in [-0.2, 0) is 12.0 Å². The first-order chi connectivity index (χ1) is 12.6. The third kappa shape index (κ3) is 4.37. The Balaban J connectivity index is 1.65. The summed E-state index contributed by atoms with van der Waals surface area (Å²) in [6, 6.07) is 21.7. The van der Waals surface area contributed by atoms with E-state index in [0.29, 0.717) is 5.92 Å². The number of nitrogens with zero attached hydrogens (tertiary/aromatic N) is 2. The summed E-state index contributed by atoms with van der Waals surface area (Å²) in [5, 5.41) is 10.2. The number of benzene rings is 2. The van der Waals surface area contributed by atoms with Crippen LogP contribution >= 0.6 is 15.9 Å². The second kappa shape index (κ2) is 8.84. The average Bonchev–Trinajstić information content (AvgIpc) is 2.60. The summed E-state index contributed by atoms with van der Waals surface area (Å²) in [6.45, 7) is 1.98. The van der Waals surface area contributed by atoms with E-state index < -0.39 is 0 Å². The molecule has 0 heterocycles. The Bertz CT molecular complexity index is 731. The van der Waals surface area contributed by atoms with Crippen LogP contribution < -0.4 is 0 Å². The Morgan fingerprint density at radius 1 is 1.12 bits per heavy atom. The predicted molar refractivity (Wildman–Crippen MR) is 111 cm³/mol. The maximum absolute atomic E-state index is 10.2. The molecule has 0 N–H and O–H groups in total. The summed E-state index contributed by atoms with van der Waals surface area (Å²) in [6.07, 6.45) is 5.61. The maximum Gasteiger partial charge on any atom is 0.0850 e. The standard InChI is InChI=1S/C23H27BrN2/c1-26(17-19-7-3-2-4-8-19)16-6-15-23(18-25,20-9-5-10-20)21-11-13-22(24)14-12-21/h2-4,7-8,11-14,20H,5-6,9-10,15-17H2,1H3. The minimum absolute atomic E-state index is 0.327. The maximum atomic E-state index is 10.2. The van der Waals surface area contributed by atoms with Crippen LogP contribution in [0.2, 0.25) is 0 Å². The van der Waals surface area contributed by atoms with E-state index in [1.165, 1.54) is 30.4 Å². The van der Waals surface area contributed by atoms with Gasteiger partial charge < -0.3 is 4.90 Å². The SMILES string of the molecule is CN(CCCC(C#N)(c1ccc(Br)cc1)C1CCC1)Cc1ccccc1. The highest BCUT2D eigenvalue weighted by Gasteiger charge is 2.43. The molecule has 1 saturated carbocycles. The third-order valence-electron chi connectivity index (χ3n) is 5.77. The van der Waals surface area contributed by atoms with E-state index in [2.05, 4.69) is 88.5 Å². The Hall–Kier alpha value is -1.63. The first-order valence-electron chi connectivity index (χ1n) is 9.54. The molecule has 0 spiro atoms. The zero-order valence-corrected chi connectivity index (χ0v) is 17.1. The van der Waals surface area contributed by atoms with Crippen molar-refractivity contribution in [1.29, 1.82) is 5.26 Å². The predicted octanol–water partition coefficient (Wildman–Crippen LogP) is 5.92. The quantitative estimate of drug-likeness (QED) is 0.539. The Morgan fingerprint density at radius 2 is 1.81 bits per heavy atom. The van der Waals surface area contributed by atoms with Crippen LogP contribution in [0.25, 0.3) is 0 Å². The van der Waals surface area contributed by atoms with E-state index >= 15 is 0 Å². The van der Waals surface area contributed by atoms with Crippen LogP contribution in [0.15, 0.2) is 59.1 Å². The van der Waals surface area contributed by atoms with Gasteiger partial charge in [-0.2, -0.15) is 5.26 Å². The van der Waals surface area contributed by atoms with Gasteiger partial charge in [0, 0.05) is 11.0 Å². The van der Waals surface area contributed by atoms with Gasteiger partial charge in [-0.15, -0.1) is 0 Å². The molecular weight excluding hydrogens is 384 g/mol. The second-order valence-electron chi connectivity index (χ2n) is 7.54. The minimum Gasteiger partial charge on any atom is -0.302 e. The van der Waals surface area contributed by atoms with E-state index in [1.54, 1.807) is 0 Å². The van der Waals surface area contributed by atoms with Gasteiger partial charge in [0.1, 0.15) is 0 Å². The normalized spacial score (nSPS) is 16.7. The molecule has 2 aromatic carbocycles. The van der Waals surface area contributed by atoms with Crippen molar-refractivity contribution in [2.45, 2.75) is 44.1 Å². The molecule has 1 unspecified atom stereocenters. The van der Waals surface area contributed by atoms with E-state index in [1.807, 2.05) is 0 Å².